The van der Waals surface area contributed by atoms with Gasteiger partial charge in [0.15, 0.2) is 0 Å². The topological polar surface area (TPSA) is 52.9 Å². The van der Waals surface area contributed by atoms with Crippen LogP contribution < -0.4 is 4.74 Å². The Morgan fingerprint density at radius 3 is 1.86 bits per heavy atom. The third kappa shape index (κ3) is 5.08. The van der Waals surface area contributed by atoms with Crippen LogP contribution in [0.4, 0.5) is 0 Å². The van der Waals surface area contributed by atoms with Gasteiger partial charge in [-0.3, -0.25) is 0 Å². The van der Waals surface area contributed by atoms with Gasteiger partial charge in [0, 0.05) is 7.05 Å². The van der Waals surface area contributed by atoms with Crippen molar-refractivity contribution in [1.82, 2.24) is 5.06 Å². The van der Waals surface area contributed by atoms with Crippen molar-refractivity contribution in [2.45, 2.75) is 0 Å². The number of hydrogen-bond donors (Lipinski definition) is 2. The fourth-order valence-corrected chi connectivity index (χ4v) is 3.09. The molecule has 28 heavy (non-hydrogen) atoms. The molecule has 0 saturated carbocycles. The monoisotopic (exact) mass is 375 g/mol. The molecule has 0 aliphatic rings. The number of hydrogen-bond acceptors (Lipinski definition) is 4. The van der Waals surface area contributed by atoms with Crippen LogP contribution in [0.15, 0.2) is 84.9 Å². The molecule has 0 fully saturated rings. The highest BCUT2D eigenvalue weighted by molar-refractivity contribution is 5.99. The molecular formula is C24H25NO3. The number of hydroxylamine groups is 2. The van der Waals surface area contributed by atoms with Gasteiger partial charge in [-0.2, -0.15) is 5.06 Å². The fourth-order valence-electron chi connectivity index (χ4n) is 3.09. The third-order valence-electron chi connectivity index (χ3n) is 4.47. The predicted octanol–water partition coefficient (Wildman–Crippen LogP) is 4.34. The normalized spacial score (nSPS) is 12.0. The quantitative estimate of drug-likeness (QED) is 0.454. The van der Waals surface area contributed by atoms with Crippen molar-refractivity contribution in [1.29, 1.82) is 0 Å². The average molecular weight is 375 g/mol. The van der Waals surface area contributed by atoms with Gasteiger partial charge in [-0.25, -0.2) is 0 Å². The van der Waals surface area contributed by atoms with Crippen LogP contribution in [-0.2, 0) is 0 Å². The number of benzene rings is 3. The highest BCUT2D eigenvalue weighted by Gasteiger charge is 2.13. The van der Waals surface area contributed by atoms with Crippen LogP contribution in [0.5, 0.6) is 5.75 Å². The van der Waals surface area contributed by atoms with Gasteiger partial charge >= 0.3 is 0 Å². The highest BCUT2D eigenvalue weighted by Crippen LogP contribution is 2.32. The van der Waals surface area contributed by atoms with E-state index in [1.54, 1.807) is 7.05 Å². The molecule has 144 valence electrons. The van der Waals surface area contributed by atoms with Gasteiger partial charge in [0.1, 0.15) is 12.4 Å². The first-order chi connectivity index (χ1) is 13.7. The number of aliphatic hydroxyl groups excluding tert-OH is 1. The highest BCUT2D eigenvalue weighted by atomic mass is 16.5. The lowest BCUT2D eigenvalue weighted by atomic mass is 9.90. The lowest BCUT2D eigenvalue weighted by Gasteiger charge is -2.16. The Morgan fingerprint density at radius 2 is 1.32 bits per heavy atom. The number of aliphatic hydroxyl groups is 1. The third-order valence-corrected chi connectivity index (χ3v) is 4.47. The largest absolute Gasteiger partial charge is 0.492 e. The Hall–Kier alpha value is -2.92. The molecule has 3 rings (SSSR count). The van der Waals surface area contributed by atoms with Crippen LogP contribution in [-0.4, -0.2) is 42.2 Å². The molecule has 0 aliphatic carbocycles. The van der Waals surface area contributed by atoms with Crippen LogP contribution in [0.25, 0.3) is 11.1 Å². The van der Waals surface area contributed by atoms with E-state index in [1.807, 2.05) is 72.8 Å². The van der Waals surface area contributed by atoms with Gasteiger partial charge in [-0.05, 0) is 40.0 Å². The van der Waals surface area contributed by atoms with Crippen molar-refractivity contribution in [2.24, 2.45) is 0 Å². The smallest absolute Gasteiger partial charge is 0.119 e. The maximum Gasteiger partial charge on any atom is 0.119 e. The molecule has 3 aromatic rings. The van der Waals surface area contributed by atoms with Crippen molar-refractivity contribution in [3.05, 3.63) is 102 Å². The molecule has 0 unspecified atom stereocenters. The van der Waals surface area contributed by atoms with Crippen molar-refractivity contribution in [3.63, 3.8) is 0 Å². The van der Waals surface area contributed by atoms with E-state index in [2.05, 4.69) is 12.1 Å². The van der Waals surface area contributed by atoms with Crippen molar-refractivity contribution in [3.8, 4) is 5.75 Å². The molecule has 0 bridgehead atoms. The summed E-state index contributed by atoms with van der Waals surface area (Å²) in [6.07, 6.45) is 0. The minimum atomic E-state index is -0.0602. The fraction of sp³-hybridized carbons (Fsp3) is 0.167. The maximum atomic E-state index is 10.2. The van der Waals surface area contributed by atoms with Gasteiger partial charge in [-0.15, -0.1) is 0 Å². The molecule has 0 amide bonds. The molecule has 0 atom stereocenters. The van der Waals surface area contributed by atoms with Crippen LogP contribution in [0.1, 0.15) is 16.7 Å². The van der Waals surface area contributed by atoms with Crippen LogP contribution in [0.3, 0.4) is 0 Å². The molecule has 0 aliphatic heterocycles. The zero-order chi connectivity index (χ0) is 19.8. The van der Waals surface area contributed by atoms with E-state index in [1.165, 1.54) is 0 Å². The summed E-state index contributed by atoms with van der Waals surface area (Å²) in [4.78, 5) is 0. The van der Waals surface area contributed by atoms with Gasteiger partial charge in [0.05, 0.1) is 13.2 Å². The molecule has 4 heteroatoms. The van der Waals surface area contributed by atoms with Gasteiger partial charge in [0.25, 0.3) is 0 Å². The minimum Gasteiger partial charge on any atom is -0.492 e. The number of rotatable bonds is 8. The Bertz CT molecular complexity index is 888. The first kappa shape index (κ1) is 19.8. The zero-order valence-electron chi connectivity index (χ0n) is 16.0. The predicted molar refractivity (Wildman–Crippen MR) is 112 cm³/mol. The van der Waals surface area contributed by atoms with E-state index < -0.39 is 0 Å². The second-order valence-corrected chi connectivity index (χ2v) is 6.50. The molecule has 0 radical (unpaired) electrons. The summed E-state index contributed by atoms with van der Waals surface area (Å²) < 4.78 is 5.66. The molecule has 0 heterocycles. The van der Waals surface area contributed by atoms with E-state index in [0.29, 0.717) is 13.2 Å². The van der Waals surface area contributed by atoms with E-state index >= 15 is 0 Å². The lowest BCUT2D eigenvalue weighted by Crippen LogP contribution is -2.20. The number of nitrogens with zero attached hydrogens (tertiary/aromatic N) is 1. The Balaban J connectivity index is 2.00. The zero-order valence-corrected chi connectivity index (χ0v) is 16.0. The molecule has 0 saturated heterocycles. The van der Waals surface area contributed by atoms with Crippen LogP contribution in [0.2, 0.25) is 0 Å². The SMILES string of the molecule is CN(O)CCOc1ccc(/C(=C(/CO)c2ccccc2)c2ccccc2)cc1. The molecule has 0 spiro atoms. The second-order valence-electron chi connectivity index (χ2n) is 6.50. The van der Waals surface area contributed by atoms with Gasteiger partial charge in [-0.1, -0.05) is 72.8 Å². The van der Waals surface area contributed by atoms with Crippen LogP contribution >= 0.6 is 0 Å². The standard InChI is InChI=1S/C24H25NO3/c1-25(27)16-17-28-22-14-12-21(13-15-22)24(20-10-6-3-7-11-20)23(18-26)19-8-4-2-5-9-19/h2-15,26-27H,16-18H2,1H3/b24-23-. The maximum absolute atomic E-state index is 10.2. The van der Waals surface area contributed by atoms with Crippen LogP contribution in [0, 0.1) is 0 Å². The summed E-state index contributed by atoms with van der Waals surface area (Å²) in [7, 11) is 1.59. The number of ether oxygens (including phenoxy) is 1. The first-order valence-electron chi connectivity index (χ1n) is 9.27. The summed E-state index contributed by atoms with van der Waals surface area (Å²) in [5, 5.41) is 20.5. The van der Waals surface area contributed by atoms with Crippen molar-refractivity contribution < 1.29 is 15.1 Å². The molecule has 3 aromatic carbocycles. The summed E-state index contributed by atoms with van der Waals surface area (Å²) in [5.41, 5.74) is 4.92. The summed E-state index contributed by atoms with van der Waals surface area (Å²) in [6.45, 7) is 0.772. The summed E-state index contributed by atoms with van der Waals surface area (Å²) in [6, 6.07) is 27.8. The van der Waals surface area contributed by atoms with Crippen molar-refractivity contribution >= 4 is 11.1 Å². The van der Waals surface area contributed by atoms with E-state index in [4.69, 9.17) is 4.74 Å². The second kappa shape index (κ2) is 9.85. The van der Waals surface area contributed by atoms with E-state index in [-0.39, 0.29) is 6.61 Å². The molecular weight excluding hydrogens is 350 g/mol. The van der Waals surface area contributed by atoms with Crippen molar-refractivity contribution in [2.75, 3.05) is 26.8 Å². The lowest BCUT2D eigenvalue weighted by molar-refractivity contribution is -0.0713. The molecule has 2 N–H and O–H groups in total. The summed E-state index contributed by atoms with van der Waals surface area (Å²) >= 11 is 0. The molecule has 0 aromatic heterocycles. The average Bonchev–Trinajstić information content (AvgIpc) is 2.73. The Kier molecular flexibility index (Phi) is 6.98. The minimum absolute atomic E-state index is 0.0602. The van der Waals surface area contributed by atoms with E-state index in [0.717, 1.165) is 38.6 Å². The summed E-state index contributed by atoms with van der Waals surface area (Å²) in [5.74, 6) is 0.739. The number of likely N-dealkylation sites (N-methyl/N-ethyl adjacent to an activating group) is 1. The van der Waals surface area contributed by atoms with Gasteiger partial charge in [0.2, 0.25) is 0 Å². The Morgan fingerprint density at radius 1 is 0.786 bits per heavy atom. The van der Waals surface area contributed by atoms with E-state index in [9.17, 15) is 10.3 Å². The van der Waals surface area contributed by atoms with Gasteiger partial charge < -0.3 is 15.1 Å². The molecule has 4 nitrogen and oxygen atoms in total. The Labute approximate surface area is 165 Å². The first-order valence-corrected chi connectivity index (χ1v) is 9.27.